The average molecular weight is 531 g/mol. The Bertz CT molecular complexity index is 1530. The maximum absolute atomic E-state index is 14.3. The summed E-state index contributed by atoms with van der Waals surface area (Å²) in [6.45, 7) is 10.1. The van der Waals surface area contributed by atoms with Crippen molar-refractivity contribution in [1.82, 2.24) is 0 Å². The van der Waals surface area contributed by atoms with E-state index in [4.69, 9.17) is 0 Å². The van der Waals surface area contributed by atoms with Crippen LogP contribution in [0.4, 0.5) is 0 Å². The van der Waals surface area contributed by atoms with E-state index < -0.39 is 56.8 Å². The molecule has 1 saturated carbocycles. The number of aliphatic hydroxyl groups is 3. The molecule has 1 fully saturated rings. The maximum atomic E-state index is 14.3. The lowest BCUT2D eigenvalue weighted by Gasteiger charge is -2.59. The van der Waals surface area contributed by atoms with Crippen LogP contribution < -0.4 is 0 Å². The van der Waals surface area contributed by atoms with Crippen molar-refractivity contribution in [3.63, 3.8) is 0 Å². The summed E-state index contributed by atoms with van der Waals surface area (Å²) in [4.78, 5) is 40.4. The molecule has 39 heavy (non-hydrogen) atoms. The second-order valence-electron chi connectivity index (χ2n) is 12.3. The van der Waals surface area contributed by atoms with Crippen molar-refractivity contribution in [3.05, 3.63) is 70.0 Å². The van der Waals surface area contributed by atoms with Crippen LogP contribution in [0.1, 0.15) is 57.7 Å². The smallest absolute Gasteiger partial charge is 0.203 e. The molecule has 0 aliphatic heterocycles. The molecule has 7 nitrogen and oxygen atoms in total. The predicted octanol–water partition coefficient (Wildman–Crippen LogP) is 5.17. The number of hydrogen-bond acceptors (Lipinski definition) is 7. The summed E-state index contributed by atoms with van der Waals surface area (Å²) < 4.78 is 0. The fourth-order valence-electron chi connectivity index (χ4n) is 7.72. The Morgan fingerprint density at radius 3 is 2.18 bits per heavy atom. The Morgan fingerprint density at radius 2 is 1.62 bits per heavy atom. The molecule has 2 aromatic carbocycles. The van der Waals surface area contributed by atoms with Gasteiger partial charge in [-0.3, -0.25) is 14.4 Å². The first kappa shape index (κ1) is 26.9. The van der Waals surface area contributed by atoms with Gasteiger partial charge in [0.25, 0.3) is 0 Å². The quantitative estimate of drug-likeness (QED) is 0.403. The van der Waals surface area contributed by atoms with E-state index in [1.165, 1.54) is 6.07 Å². The summed E-state index contributed by atoms with van der Waals surface area (Å²) in [5.74, 6) is -5.26. The van der Waals surface area contributed by atoms with Gasteiger partial charge in [-0.05, 0) is 55.4 Å². The number of aryl methyl sites for hydroxylation is 1. The molecule has 0 heterocycles. The van der Waals surface area contributed by atoms with E-state index in [-0.39, 0.29) is 35.6 Å². The lowest BCUT2D eigenvalue weighted by atomic mass is 9.43. The van der Waals surface area contributed by atoms with Crippen LogP contribution in [0.25, 0.3) is 16.9 Å². The lowest BCUT2D eigenvalue weighted by molar-refractivity contribution is -0.178. The minimum absolute atomic E-state index is 0.0634. The molecule has 3 aliphatic rings. The molecule has 4 atom stereocenters. The molecular weight excluding hydrogens is 496 g/mol. The Balaban J connectivity index is 1.82. The van der Waals surface area contributed by atoms with Crippen molar-refractivity contribution in [3.8, 4) is 16.9 Å². The zero-order valence-corrected chi connectivity index (χ0v) is 23.0. The van der Waals surface area contributed by atoms with Crippen molar-refractivity contribution in [2.24, 2.45) is 22.7 Å². The SMILES string of the molecule is CC(=O)C1=C(O)[C@]2(O)C(=O)C3=C(O)c4c(O)ccc(-c5ccc(C)cc5)c4C[C@]3(C)C[C@]2(C)C(C(C)C)C1=O. The summed E-state index contributed by atoms with van der Waals surface area (Å²) in [5.41, 5.74) is -2.35. The van der Waals surface area contributed by atoms with Crippen molar-refractivity contribution in [1.29, 1.82) is 0 Å². The normalized spacial score (nSPS) is 30.3. The minimum atomic E-state index is -2.61. The largest absolute Gasteiger partial charge is 0.508 e. The van der Waals surface area contributed by atoms with Crippen LogP contribution in [0.3, 0.4) is 0 Å². The number of hydrogen-bond donors (Lipinski definition) is 4. The summed E-state index contributed by atoms with van der Waals surface area (Å²) in [5, 5.41) is 45.8. The van der Waals surface area contributed by atoms with Crippen LogP contribution in [0.2, 0.25) is 0 Å². The number of aromatic hydroxyl groups is 1. The second-order valence-corrected chi connectivity index (χ2v) is 12.3. The Hall–Kier alpha value is -3.71. The third kappa shape index (κ3) is 3.35. The number of benzene rings is 2. The first-order chi connectivity index (χ1) is 18.1. The number of phenolic OH excluding ortho intramolecular Hbond substituents is 1. The molecule has 4 N–H and O–H groups in total. The Labute approximate surface area is 227 Å². The van der Waals surface area contributed by atoms with Gasteiger partial charge >= 0.3 is 0 Å². The third-order valence-electron chi connectivity index (χ3n) is 9.25. The Morgan fingerprint density at radius 1 is 1.00 bits per heavy atom. The monoisotopic (exact) mass is 530 g/mol. The van der Waals surface area contributed by atoms with Crippen LogP contribution in [-0.2, 0) is 20.8 Å². The molecule has 0 aromatic heterocycles. The molecule has 0 saturated heterocycles. The lowest BCUT2D eigenvalue weighted by Crippen LogP contribution is -2.69. The van der Waals surface area contributed by atoms with Crippen molar-refractivity contribution in [2.75, 3.05) is 0 Å². The van der Waals surface area contributed by atoms with Crippen molar-refractivity contribution >= 4 is 23.1 Å². The molecule has 1 unspecified atom stereocenters. The summed E-state index contributed by atoms with van der Waals surface area (Å²) in [6, 6.07) is 11.1. The molecule has 0 bridgehead atoms. The number of Topliss-reactive ketones (excluding diaryl/α,β-unsaturated/α-hetero) is 3. The highest BCUT2D eigenvalue weighted by molar-refractivity contribution is 6.24. The van der Waals surface area contributed by atoms with E-state index in [9.17, 15) is 34.8 Å². The van der Waals surface area contributed by atoms with E-state index in [0.717, 1.165) is 23.6 Å². The maximum Gasteiger partial charge on any atom is 0.203 e. The van der Waals surface area contributed by atoms with Crippen molar-refractivity contribution < 1.29 is 34.8 Å². The van der Waals surface area contributed by atoms with Crippen LogP contribution in [0.15, 0.2) is 53.3 Å². The molecule has 7 heteroatoms. The fraction of sp³-hybridized carbons (Fsp3) is 0.406. The average Bonchev–Trinajstić information content (AvgIpc) is 2.82. The number of carbonyl (C=O) groups excluding carboxylic acids is 3. The van der Waals surface area contributed by atoms with Crippen LogP contribution >= 0.6 is 0 Å². The van der Waals surface area contributed by atoms with Gasteiger partial charge in [0.05, 0.1) is 5.56 Å². The molecule has 3 aliphatic carbocycles. The first-order valence-corrected chi connectivity index (χ1v) is 13.2. The fourth-order valence-corrected chi connectivity index (χ4v) is 7.72. The molecule has 0 spiro atoms. The minimum Gasteiger partial charge on any atom is -0.508 e. The van der Waals surface area contributed by atoms with Gasteiger partial charge in [-0.15, -0.1) is 0 Å². The van der Waals surface area contributed by atoms with Gasteiger partial charge in [0, 0.05) is 22.3 Å². The zero-order valence-electron chi connectivity index (χ0n) is 23.0. The third-order valence-corrected chi connectivity index (χ3v) is 9.25. The number of fused-ring (bicyclic) bond motifs is 3. The summed E-state index contributed by atoms with van der Waals surface area (Å²) >= 11 is 0. The van der Waals surface area contributed by atoms with Gasteiger partial charge in [0.1, 0.15) is 22.8 Å². The number of carbonyl (C=O) groups is 3. The second kappa shape index (κ2) is 8.39. The van der Waals surface area contributed by atoms with Crippen LogP contribution in [0.5, 0.6) is 5.75 Å². The molecule has 0 amide bonds. The van der Waals surface area contributed by atoms with Gasteiger partial charge in [0.2, 0.25) is 5.78 Å². The van der Waals surface area contributed by atoms with Crippen LogP contribution in [0, 0.1) is 29.6 Å². The highest BCUT2D eigenvalue weighted by Crippen LogP contribution is 2.65. The van der Waals surface area contributed by atoms with E-state index in [2.05, 4.69) is 0 Å². The van der Waals surface area contributed by atoms with E-state index in [1.807, 2.05) is 31.2 Å². The highest BCUT2D eigenvalue weighted by atomic mass is 16.3. The number of ketones is 3. The van der Waals surface area contributed by atoms with Gasteiger partial charge in [-0.25, -0.2) is 0 Å². The van der Waals surface area contributed by atoms with E-state index >= 15 is 0 Å². The predicted molar refractivity (Wildman–Crippen MR) is 146 cm³/mol. The van der Waals surface area contributed by atoms with E-state index in [1.54, 1.807) is 33.8 Å². The molecule has 2 aromatic rings. The standard InChI is InChI=1S/C32H34O7/c1-15(2)24-26(35)22(17(4)33)28(37)32(39)29(38)25-27(36)23-20(13-30(25,5)14-31(24,32)6)19(11-12-21(23)34)18-9-7-16(3)8-10-18/h7-12,15,24,34,36-37,39H,13-14H2,1-6H3/t24?,30-,31-,32+/m1/s1. The first-order valence-electron chi connectivity index (χ1n) is 13.2. The highest BCUT2D eigenvalue weighted by Gasteiger charge is 2.72. The Kier molecular flexibility index (Phi) is 5.78. The number of rotatable bonds is 3. The number of allylic oxidation sites excluding steroid dienone is 1. The molecule has 5 rings (SSSR count). The van der Waals surface area contributed by atoms with Gasteiger partial charge in [-0.2, -0.15) is 0 Å². The van der Waals surface area contributed by atoms with Crippen molar-refractivity contribution in [2.45, 2.75) is 60.0 Å². The topological polar surface area (TPSA) is 132 Å². The number of phenols is 1. The zero-order chi connectivity index (χ0) is 28.8. The number of aliphatic hydroxyl groups excluding tert-OH is 2. The van der Waals surface area contributed by atoms with E-state index in [0.29, 0.717) is 5.56 Å². The summed E-state index contributed by atoms with van der Waals surface area (Å²) in [7, 11) is 0. The molecule has 0 radical (unpaired) electrons. The van der Waals surface area contributed by atoms with Gasteiger partial charge < -0.3 is 20.4 Å². The molecular formula is C32H34O7. The van der Waals surface area contributed by atoms with Crippen LogP contribution in [-0.4, -0.2) is 43.4 Å². The van der Waals surface area contributed by atoms with Gasteiger partial charge in [-0.1, -0.05) is 63.6 Å². The van der Waals surface area contributed by atoms with Gasteiger partial charge in [0.15, 0.2) is 17.2 Å². The summed E-state index contributed by atoms with van der Waals surface area (Å²) in [6.07, 6.45) is 0.299. The molecule has 204 valence electrons.